The van der Waals surface area contributed by atoms with Gasteiger partial charge in [-0.3, -0.25) is 14.4 Å². The molecule has 0 atom stereocenters. The fourth-order valence-electron chi connectivity index (χ4n) is 2.75. The Labute approximate surface area is 190 Å². The third-order valence-electron chi connectivity index (χ3n) is 4.32. The van der Waals surface area contributed by atoms with Gasteiger partial charge in [0, 0.05) is 5.69 Å². The average molecular weight is 446 g/mol. The van der Waals surface area contributed by atoms with E-state index >= 15 is 0 Å². The van der Waals surface area contributed by atoms with Gasteiger partial charge in [-0.1, -0.05) is 12.1 Å². The van der Waals surface area contributed by atoms with Crippen LogP contribution in [-0.2, 0) is 9.59 Å². The Hall–Kier alpha value is -4.66. The van der Waals surface area contributed by atoms with E-state index in [0.29, 0.717) is 23.6 Å². The summed E-state index contributed by atoms with van der Waals surface area (Å²) in [5, 5.41) is 18.1. The van der Waals surface area contributed by atoms with Crippen molar-refractivity contribution in [3.05, 3.63) is 83.9 Å². The Bertz CT molecular complexity index is 1160. The fourth-order valence-corrected chi connectivity index (χ4v) is 2.75. The van der Waals surface area contributed by atoms with Crippen molar-refractivity contribution >= 4 is 35.3 Å². The molecule has 33 heavy (non-hydrogen) atoms. The van der Waals surface area contributed by atoms with Gasteiger partial charge in [0.05, 0.1) is 24.1 Å². The number of phenols is 1. The molecule has 0 aliphatic rings. The standard InChI is InChI=1S/C24H22N4O5/c1-2-33-19-13-9-17(10-14-19)26-22(30)20-5-3-4-6-21(20)27-23(31)24(32)28-25-15-16-7-11-18(29)12-8-16/h3-15,29H,2H2,1H3,(H,26,30)(H,27,31)(H,28,32)/b25-15+. The normalized spacial score (nSPS) is 10.5. The molecule has 0 aliphatic carbocycles. The lowest BCUT2D eigenvalue weighted by molar-refractivity contribution is -0.136. The summed E-state index contributed by atoms with van der Waals surface area (Å²) in [4.78, 5) is 37.0. The number of aromatic hydroxyl groups is 1. The molecule has 0 unspecified atom stereocenters. The van der Waals surface area contributed by atoms with E-state index in [1.54, 1.807) is 48.5 Å². The van der Waals surface area contributed by atoms with Crippen LogP contribution in [0, 0.1) is 0 Å². The summed E-state index contributed by atoms with van der Waals surface area (Å²) in [6.07, 6.45) is 1.32. The molecule has 3 aromatic rings. The molecule has 0 saturated heterocycles. The van der Waals surface area contributed by atoms with Gasteiger partial charge in [0.25, 0.3) is 5.91 Å². The topological polar surface area (TPSA) is 129 Å². The van der Waals surface area contributed by atoms with Crippen LogP contribution in [0.5, 0.6) is 11.5 Å². The number of para-hydroxylation sites is 1. The van der Waals surface area contributed by atoms with Crippen molar-refractivity contribution in [2.45, 2.75) is 6.92 Å². The molecule has 168 valence electrons. The number of nitrogens with zero attached hydrogens (tertiary/aromatic N) is 1. The van der Waals surface area contributed by atoms with E-state index in [4.69, 9.17) is 4.74 Å². The second-order valence-corrected chi connectivity index (χ2v) is 6.70. The predicted octanol–water partition coefficient (Wildman–Crippen LogP) is 3.13. The van der Waals surface area contributed by atoms with Crippen molar-refractivity contribution in [1.29, 1.82) is 0 Å². The summed E-state index contributed by atoms with van der Waals surface area (Å²) in [7, 11) is 0. The molecule has 0 radical (unpaired) electrons. The minimum Gasteiger partial charge on any atom is -0.508 e. The quantitative estimate of drug-likeness (QED) is 0.252. The van der Waals surface area contributed by atoms with Crippen LogP contribution >= 0.6 is 0 Å². The van der Waals surface area contributed by atoms with E-state index in [1.165, 1.54) is 30.5 Å². The van der Waals surface area contributed by atoms with Gasteiger partial charge in [-0.2, -0.15) is 5.10 Å². The lowest BCUT2D eigenvalue weighted by Gasteiger charge is -2.11. The van der Waals surface area contributed by atoms with Crippen molar-refractivity contribution in [1.82, 2.24) is 5.43 Å². The second-order valence-electron chi connectivity index (χ2n) is 6.70. The third-order valence-corrected chi connectivity index (χ3v) is 4.32. The number of benzene rings is 3. The lowest BCUT2D eigenvalue weighted by atomic mass is 10.1. The number of amides is 3. The van der Waals surface area contributed by atoms with Crippen molar-refractivity contribution < 1.29 is 24.2 Å². The number of anilines is 2. The van der Waals surface area contributed by atoms with Crippen LogP contribution in [0.2, 0.25) is 0 Å². The Morgan fingerprint density at radius 1 is 0.909 bits per heavy atom. The van der Waals surface area contributed by atoms with E-state index in [9.17, 15) is 19.5 Å². The summed E-state index contributed by atoms with van der Waals surface area (Å²) in [5.41, 5.74) is 3.63. The van der Waals surface area contributed by atoms with Crippen molar-refractivity contribution in [2.24, 2.45) is 5.10 Å². The van der Waals surface area contributed by atoms with Crippen molar-refractivity contribution in [2.75, 3.05) is 17.2 Å². The highest BCUT2D eigenvalue weighted by molar-refractivity contribution is 6.40. The monoisotopic (exact) mass is 446 g/mol. The molecular weight excluding hydrogens is 424 g/mol. The summed E-state index contributed by atoms with van der Waals surface area (Å²) in [5.74, 6) is -1.67. The summed E-state index contributed by atoms with van der Waals surface area (Å²) < 4.78 is 5.38. The number of hydrogen-bond acceptors (Lipinski definition) is 6. The van der Waals surface area contributed by atoms with Crippen LogP contribution in [0.3, 0.4) is 0 Å². The van der Waals surface area contributed by atoms with E-state index in [0.717, 1.165) is 0 Å². The third kappa shape index (κ3) is 6.66. The fraction of sp³-hybridized carbons (Fsp3) is 0.0833. The smallest absolute Gasteiger partial charge is 0.329 e. The van der Waals surface area contributed by atoms with Crippen LogP contribution in [0.15, 0.2) is 77.9 Å². The molecular formula is C24H22N4O5. The van der Waals surface area contributed by atoms with Crippen molar-refractivity contribution in [3.8, 4) is 11.5 Å². The van der Waals surface area contributed by atoms with Gasteiger partial charge in [-0.25, -0.2) is 5.43 Å². The number of nitrogens with one attached hydrogen (secondary N) is 3. The van der Waals surface area contributed by atoms with Crippen LogP contribution in [-0.4, -0.2) is 35.6 Å². The number of hydrogen-bond donors (Lipinski definition) is 4. The molecule has 4 N–H and O–H groups in total. The Kier molecular flexibility index (Phi) is 7.74. The van der Waals surface area contributed by atoms with Gasteiger partial charge in [0.15, 0.2) is 0 Å². The maximum Gasteiger partial charge on any atom is 0.329 e. The number of ether oxygens (including phenoxy) is 1. The average Bonchev–Trinajstić information content (AvgIpc) is 2.82. The zero-order valence-corrected chi connectivity index (χ0v) is 17.7. The van der Waals surface area contributed by atoms with E-state index in [2.05, 4.69) is 21.2 Å². The molecule has 0 spiro atoms. The number of carbonyl (C=O) groups is 3. The van der Waals surface area contributed by atoms with Crippen LogP contribution in [0.1, 0.15) is 22.8 Å². The minimum absolute atomic E-state index is 0.0980. The molecule has 0 bridgehead atoms. The molecule has 0 heterocycles. The Morgan fingerprint density at radius 2 is 1.61 bits per heavy atom. The second kappa shape index (κ2) is 11.1. The van der Waals surface area contributed by atoms with Gasteiger partial charge in [-0.15, -0.1) is 0 Å². The highest BCUT2D eigenvalue weighted by Gasteiger charge is 2.17. The van der Waals surface area contributed by atoms with Gasteiger partial charge < -0.3 is 20.5 Å². The molecule has 3 aromatic carbocycles. The van der Waals surface area contributed by atoms with Crippen LogP contribution in [0.4, 0.5) is 11.4 Å². The van der Waals surface area contributed by atoms with E-state index < -0.39 is 17.7 Å². The summed E-state index contributed by atoms with van der Waals surface area (Å²) in [6.45, 7) is 2.41. The lowest BCUT2D eigenvalue weighted by Crippen LogP contribution is -2.33. The molecule has 9 heteroatoms. The van der Waals surface area contributed by atoms with E-state index in [1.807, 2.05) is 6.92 Å². The first-order chi connectivity index (χ1) is 16.0. The summed E-state index contributed by atoms with van der Waals surface area (Å²) in [6, 6.07) is 19.3. The molecule has 3 rings (SSSR count). The Balaban J connectivity index is 1.61. The van der Waals surface area contributed by atoms with Crippen LogP contribution < -0.4 is 20.8 Å². The molecule has 0 aliphatic heterocycles. The van der Waals surface area contributed by atoms with Crippen molar-refractivity contribution in [3.63, 3.8) is 0 Å². The highest BCUT2D eigenvalue weighted by atomic mass is 16.5. The molecule has 9 nitrogen and oxygen atoms in total. The number of phenolic OH excluding ortho intramolecular Hbond substituents is 1. The molecule has 0 saturated carbocycles. The van der Waals surface area contributed by atoms with Crippen LogP contribution in [0.25, 0.3) is 0 Å². The van der Waals surface area contributed by atoms with Gasteiger partial charge in [-0.05, 0) is 73.2 Å². The first-order valence-corrected chi connectivity index (χ1v) is 10.0. The van der Waals surface area contributed by atoms with Gasteiger partial charge >= 0.3 is 11.8 Å². The van der Waals surface area contributed by atoms with E-state index in [-0.39, 0.29) is 17.0 Å². The first kappa shape index (κ1) is 23.0. The highest BCUT2D eigenvalue weighted by Crippen LogP contribution is 2.19. The largest absolute Gasteiger partial charge is 0.508 e. The minimum atomic E-state index is -1.01. The maximum absolute atomic E-state index is 12.7. The van der Waals surface area contributed by atoms with Gasteiger partial charge in [0.1, 0.15) is 11.5 Å². The molecule has 0 aromatic heterocycles. The number of rotatable bonds is 7. The zero-order chi connectivity index (χ0) is 23.6. The zero-order valence-electron chi connectivity index (χ0n) is 17.7. The summed E-state index contributed by atoms with van der Waals surface area (Å²) >= 11 is 0. The SMILES string of the molecule is CCOc1ccc(NC(=O)c2ccccc2NC(=O)C(=O)N/N=C/c2ccc(O)cc2)cc1. The molecule has 3 amide bonds. The maximum atomic E-state index is 12.7. The molecule has 0 fully saturated rings. The number of hydrazone groups is 1. The Morgan fingerprint density at radius 3 is 2.30 bits per heavy atom. The number of carbonyl (C=O) groups excluding carboxylic acids is 3. The first-order valence-electron chi connectivity index (χ1n) is 10.0. The predicted molar refractivity (Wildman–Crippen MR) is 124 cm³/mol. The van der Waals surface area contributed by atoms with Gasteiger partial charge in [0.2, 0.25) is 0 Å².